The van der Waals surface area contributed by atoms with Crippen LogP contribution in [0.2, 0.25) is 0 Å². The van der Waals surface area contributed by atoms with Crippen molar-refractivity contribution in [1.29, 1.82) is 5.26 Å². The van der Waals surface area contributed by atoms with Gasteiger partial charge in [-0.15, -0.1) is 0 Å². The van der Waals surface area contributed by atoms with Gasteiger partial charge >= 0.3 is 0 Å². The van der Waals surface area contributed by atoms with E-state index < -0.39 is 11.2 Å². The van der Waals surface area contributed by atoms with E-state index in [0.717, 1.165) is 31.2 Å². The quantitative estimate of drug-likeness (QED) is 0.731. The van der Waals surface area contributed by atoms with Crippen molar-refractivity contribution in [1.82, 2.24) is 15.5 Å². The van der Waals surface area contributed by atoms with Crippen molar-refractivity contribution in [2.45, 2.75) is 62.8 Å². The average molecular weight is 459 g/mol. The highest BCUT2D eigenvalue weighted by Crippen LogP contribution is 2.37. The van der Waals surface area contributed by atoms with Gasteiger partial charge in [0.15, 0.2) is 0 Å². The van der Waals surface area contributed by atoms with Crippen LogP contribution in [0, 0.1) is 11.3 Å². The Morgan fingerprint density at radius 1 is 1.03 bits per heavy atom. The van der Waals surface area contributed by atoms with Gasteiger partial charge in [-0.25, -0.2) is 0 Å². The number of benzene rings is 2. The van der Waals surface area contributed by atoms with Crippen LogP contribution in [0.1, 0.15) is 66.4 Å². The summed E-state index contributed by atoms with van der Waals surface area (Å²) in [4.78, 5) is 27.9. The Balaban J connectivity index is 1.21. The van der Waals surface area contributed by atoms with E-state index in [0.29, 0.717) is 42.8 Å². The summed E-state index contributed by atoms with van der Waals surface area (Å²) in [5.74, 6) is 0.695. The zero-order valence-corrected chi connectivity index (χ0v) is 19.3. The van der Waals surface area contributed by atoms with E-state index >= 15 is 0 Å². The molecule has 7 heteroatoms. The number of carbonyl (C=O) groups excluding carboxylic acids is 2. The van der Waals surface area contributed by atoms with Crippen LogP contribution in [-0.2, 0) is 11.4 Å². The van der Waals surface area contributed by atoms with Crippen LogP contribution in [0.5, 0.6) is 5.75 Å². The first-order valence-corrected chi connectivity index (χ1v) is 12.1. The molecule has 2 aliphatic heterocycles. The van der Waals surface area contributed by atoms with Gasteiger partial charge in [0.1, 0.15) is 12.4 Å². The number of piperidine rings is 1. The molecular weight excluding hydrogens is 428 g/mol. The van der Waals surface area contributed by atoms with E-state index in [1.807, 2.05) is 35.2 Å². The lowest BCUT2D eigenvalue weighted by molar-refractivity contribution is -0.125. The Hall–Kier alpha value is -3.37. The largest absolute Gasteiger partial charge is 0.489 e. The Labute approximate surface area is 200 Å². The zero-order valence-electron chi connectivity index (χ0n) is 19.3. The summed E-state index contributed by atoms with van der Waals surface area (Å²) < 4.78 is 5.89. The fraction of sp³-hybridized carbons (Fsp3) is 0.444. The van der Waals surface area contributed by atoms with Gasteiger partial charge < -0.3 is 15.0 Å². The minimum atomic E-state index is -0.416. The molecule has 2 spiro atoms. The van der Waals surface area contributed by atoms with Gasteiger partial charge in [0.25, 0.3) is 5.91 Å². The van der Waals surface area contributed by atoms with Gasteiger partial charge in [-0.3, -0.25) is 14.9 Å². The van der Waals surface area contributed by atoms with E-state index in [-0.39, 0.29) is 18.4 Å². The Morgan fingerprint density at radius 2 is 1.79 bits per heavy atom. The summed E-state index contributed by atoms with van der Waals surface area (Å²) in [7, 11) is 0. The normalized spacial score (nSPS) is 20.7. The fourth-order valence-corrected chi connectivity index (χ4v) is 5.55. The molecule has 2 N–H and O–H groups in total. The van der Waals surface area contributed by atoms with Crippen molar-refractivity contribution in [3.05, 3.63) is 65.2 Å². The van der Waals surface area contributed by atoms with E-state index in [1.165, 1.54) is 6.42 Å². The van der Waals surface area contributed by atoms with Crippen LogP contribution in [-0.4, -0.2) is 41.0 Å². The highest BCUT2D eigenvalue weighted by atomic mass is 16.5. The van der Waals surface area contributed by atoms with Gasteiger partial charge in [0.05, 0.1) is 22.8 Å². The molecule has 0 atom stereocenters. The standard InChI is InChI=1S/C27H30N4O3/c28-18-21-7-2-3-8-22(21)19-34-23-10-6-9-20(17-23)24(32)31-15-13-27(14-16-31)29-25(33)26(30-27)11-4-1-5-12-26/h2-3,6-10,17,30H,1,4-5,11-16,19H2,(H,29,33). The maximum Gasteiger partial charge on any atom is 0.253 e. The topological polar surface area (TPSA) is 94.5 Å². The number of likely N-dealkylation sites (tertiary alicyclic amines) is 1. The lowest BCUT2D eigenvalue weighted by Gasteiger charge is -2.41. The Morgan fingerprint density at radius 3 is 2.56 bits per heavy atom. The molecule has 2 aromatic carbocycles. The molecule has 1 saturated carbocycles. The third-order valence-corrected chi connectivity index (χ3v) is 7.49. The van der Waals surface area contributed by atoms with Gasteiger partial charge in [-0.05, 0) is 37.1 Å². The first-order chi connectivity index (χ1) is 16.5. The molecule has 2 saturated heterocycles. The molecule has 7 nitrogen and oxygen atoms in total. The van der Waals surface area contributed by atoms with Crippen LogP contribution in [0.15, 0.2) is 48.5 Å². The Bertz CT molecular complexity index is 1120. The number of amides is 2. The smallest absolute Gasteiger partial charge is 0.253 e. The molecule has 34 heavy (non-hydrogen) atoms. The van der Waals surface area contributed by atoms with Crippen LogP contribution in [0.3, 0.4) is 0 Å². The number of nitrogens with one attached hydrogen (secondary N) is 2. The van der Waals surface area contributed by atoms with Gasteiger partial charge in [-0.1, -0.05) is 43.5 Å². The van der Waals surface area contributed by atoms with Crippen molar-refractivity contribution in [3.8, 4) is 11.8 Å². The number of rotatable bonds is 4. The van der Waals surface area contributed by atoms with E-state index in [2.05, 4.69) is 16.7 Å². The van der Waals surface area contributed by atoms with Crippen molar-refractivity contribution in [2.24, 2.45) is 0 Å². The average Bonchev–Trinajstić information content (AvgIpc) is 3.13. The second-order valence-corrected chi connectivity index (χ2v) is 9.68. The first kappa shape index (κ1) is 22.4. The SMILES string of the molecule is N#Cc1ccccc1COc1cccc(C(=O)N2CCC3(CC2)NC(=O)C2(CCCCC2)N3)c1. The highest BCUT2D eigenvalue weighted by Gasteiger charge is 2.54. The second kappa shape index (κ2) is 9.11. The van der Waals surface area contributed by atoms with Crippen molar-refractivity contribution >= 4 is 11.8 Å². The minimum Gasteiger partial charge on any atom is -0.489 e. The van der Waals surface area contributed by atoms with Crippen LogP contribution in [0.25, 0.3) is 0 Å². The molecule has 0 radical (unpaired) electrons. The lowest BCUT2D eigenvalue weighted by atomic mass is 9.81. The van der Waals surface area contributed by atoms with Gasteiger partial charge in [0, 0.05) is 37.1 Å². The van der Waals surface area contributed by atoms with E-state index in [1.54, 1.807) is 18.2 Å². The molecule has 0 bridgehead atoms. The molecule has 1 aliphatic carbocycles. The number of carbonyl (C=O) groups is 2. The number of ether oxygens (including phenoxy) is 1. The summed E-state index contributed by atoms with van der Waals surface area (Å²) in [5, 5.41) is 16.2. The predicted octanol–water partition coefficient (Wildman–Crippen LogP) is 3.49. The molecule has 0 aromatic heterocycles. The predicted molar refractivity (Wildman–Crippen MR) is 127 cm³/mol. The third-order valence-electron chi connectivity index (χ3n) is 7.49. The Kier molecular flexibility index (Phi) is 6.01. The van der Waals surface area contributed by atoms with Crippen molar-refractivity contribution in [3.63, 3.8) is 0 Å². The molecule has 176 valence electrons. The maximum atomic E-state index is 13.2. The molecule has 2 amide bonds. The van der Waals surface area contributed by atoms with E-state index in [4.69, 9.17) is 4.74 Å². The van der Waals surface area contributed by atoms with Crippen LogP contribution in [0.4, 0.5) is 0 Å². The summed E-state index contributed by atoms with van der Waals surface area (Å²) in [5.41, 5.74) is 1.16. The molecule has 3 aliphatic rings. The third kappa shape index (κ3) is 4.26. The maximum absolute atomic E-state index is 13.2. The second-order valence-electron chi connectivity index (χ2n) is 9.68. The minimum absolute atomic E-state index is 0.0329. The van der Waals surface area contributed by atoms with Crippen molar-refractivity contribution < 1.29 is 14.3 Å². The highest BCUT2D eigenvalue weighted by molar-refractivity contribution is 5.95. The summed E-state index contributed by atoms with van der Waals surface area (Å²) in [6.45, 7) is 1.44. The van der Waals surface area contributed by atoms with Gasteiger partial charge in [-0.2, -0.15) is 5.26 Å². The molecular formula is C27H30N4O3. The first-order valence-electron chi connectivity index (χ1n) is 12.1. The van der Waals surface area contributed by atoms with Gasteiger partial charge in [0.2, 0.25) is 5.91 Å². The summed E-state index contributed by atoms with van der Waals surface area (Å²) in [6, 6.07) is 16.7. The molecule has 0 unspecified atom stereocenters. The lowest BCUT2D eigenvalue weighted by Crippen LogP contribution is -2.60. The number of hydrogen-bond donors (Lipinski definition) is 2. The summed E-state index contributed by atoms with van der Waals surface area (Å²) >= 11 is 0. The summed E-state index contributed by atoms with van der Waals surface area (Å²) in [6.07, 6.45) is 6.56. The fourth-order valence-electron chi connectivity index (χ4n) is 5.55. The molecule has 3 fully saturated rings. The number of hydrogen-bond acceptors (Lipinski definition) is 5. The molecule has 5 rings (SSSR count). The molecule has 2 aromatic rings. The van der Waals surface area contributed by atoms with Crippen LogP contribution >= 0.6 is 0 Å². The number of nitriles is 1. The monoisotopic (exact) mass is 458 g/mol. The number of nitrogens with zero attached hydrogens (tertiary/aromatic N) is 2. The molecule has 2 heterocycles. The van der Waals surface area contributed by atoms with Crippen molar-refractivity contribution in [2.75, 3.05) is 13.1 Å². The zero-order chi connectivity index (χ0) is 23.6. The van der Waals surface area contributed by atoms with Crippen LogP contribution < -0.4 is 15.4 Å². The van der Waals surface area contributed by atoms with E-state index in [9.17, 15) is 14.9 Å².